The van der Waals surface area contributed by atoms with Crippen LogP contribution in [0.4, 0.5) is 11.4 Å². The molecule has 0 aliphatic carbocycles. The van der Waals surface area contributed by atoms with Crippen LogP contribution >= 0.6 is 11.6 Å². The fraction of sp³-hybridized carbons (Fsp3) is 0.368. The number of hydrogen-bond donors (Lipinski definition) is 4. The summed E-state index contributed by atoms with van der Waals surface area (Å²) in [5, 5.41) is 14.0. The van der Waals surface area contributed by atoms with Gasteiger partial charge in [-0.25, -0.2) is 9.69 Å². The molecule has 0 radical (unpaired) electrons. The highest BCUT2D eigenvalue weighted by molar-refractivity contribution is 6.67. The zero-order valence-corrected chi connectivity index (χ0v) is 28.7. The summed E-state index contributed by atoms with van der Waals surface area (Å²) in [6, 6.07) is 21.4. The number of nitrogens with zero attached hydrogens (tertiary/aromatic N) is 3. The standard InChI is InChI=1S/C23H24N4O2.C8H4ClNO.C7H18N2/c1-25-21-13-11-20(12-14-21)23(29)27-16-6-4-2-3-5-15-26-22(28)19-9-7-18(17-24)8-10-19;1-10-7-4-2-6(3-5-7)8(9)11;8-6-4-2-1-3-5-7-9/h7-14H,2-6,15-16H2,(H,26,28)(H,27,29);2-5H;1-9H2. The molecule has 49 heavy (non-hydrogen) atoms. The average Bonchev–Trinajstić information content (AvgIpc) is 3.14. The molecule has 0 atom stereocenters. The Hall–Kier alpha value is -5.05. The van der Waals surface area contributed by atoms with Gasteiger partial charge in [-0.05, 0) is 74.6 Å². The van der Waals surface area contributed by atoms with E-state index in [1.165, 1.54) is 44.2 Å². The molecule has 0 unspecified atom stereocenters. The summed E-state index contributed by atoms with van der Waals surface area (Å²) >= 11 is 5.18. The van der Waals surface area contributed by atoms with Crippen molar-refractivity contribution in [1.29, 1.82) is 5.26 Å². The molecule has 0 saturated heterocycles. The van der Waals surface area contributed by atoms with E-state index in [0.29, 0.717) is 46.7 Å². The quantitative estimate of drug-likeness (QED) is 0.0648. The molecule has 0 aromatic heterocycles. The Balaban J connectivity index is 0.000000487. The van der Waals surface area contributed by atoms with Crippen molar-refractivity contribution in [1.82, 2.24) is 10.6 Å². The van der Waals surface area contributed by atoms with Gasteiger partial charge in [-0.15, -0.1) is 0 Å². The number of benzene rings is 3. The molecule has 6 N–H and O–H groups in total. The maximum absolute atomic E-state index is 12.0. The normalized spacial score (nSPS) is 9.63. The molecule has 0 bridgehead atoms. The maximum atomic E-state index is 12.0. The van der Waals surface area contributed by atoms with Crippen molar-refractivity contribution >= 4 is 40.0 Å². The number of carbonyl (C=O) groups excluding carboxylic acids is 3. The number of rotatable bonds is 17. The van der Waals surface area contributed by atoms with Gasteiger partial charge in [0.05, 0.1) is 24.8 Å². The van der Waals surface area contributed by atoms with Crippen molar-refractivity contribution in [3.8, 4) is 6.07 Å². The summed E-state index contributed by atoms with van der Waals surface area (Å²) in [6.07, 6.45) is 11.1. The third-order valence-corrected chi connectivity index (χ3v) is 7.31. The van der Waals surface area contributed by atoms with E-state index in [-0.39, 0.29) is 11.8 Å². The molecule has 258 valence electrons. The fourth-order valence-corrected chi connectivity index (χ4v) is 4.38. The van der Waals surface area contributed by atoms with E-state index in [1.807, 2.05) is 6.07 Å². The molecule has 0 saturated carbocycles. The van der Waals surface area contributed by atoms with Gasteiger partial charge in [-0.2, -0.15) is 5.26 Å². The number of halogens is 1. The van der Waals surface area contributed by atoms with Crippen LogP contribution in [0.25, 0.3) is 9.69 Å². The second-order valence-corrected chi connectivity index (χ2v) is 11.2. The molecular weight excluding hydrogens is 638 g/mol. The summed E-state index contributed by atoms with van der Waals surface area (Å²) in [5.41, 5.74) is 13.7. The van der Waals surface area contributed by atoms with Crippen molar-refractivity contribution in [2.75, 3.05) is 26.2 Å². The minimum absolute atomic E-state index is 0.118. The van der Waals surface area contributed by atoms with Crippen LogP contribution in [0, 0.1) is 24.5 Å². The largest absolute Gasteiger partial charge is 0.352 e. The van der Waals surface area contributed by atoms with Gasteiger partial charge in [0, 0.05) is 29.8 Å². The van der Waals surface area contributed by atoms with E-state index in [2.05, 4.69) is 20.3 Å². The Bertz CT molecular complexity index is 1440. The summed E-state index contributed by atoms with van der Waals surface area (Å²) in [6.45, 7) is 16.5. The smallest absolute Gasteiger partial charge is 0.252 e. The first-order valence-corrected chi connectivity index (χ1v) is 16.8. The van der Waals surface area contributed by atoms with E-state index in [0.717, 1.165) is 45.2 Å². The second-order valence-electron chi connectivity index (χ2n) is 10.9. The molecule has 3 aromatic rings. The van der Waals surface area contributed by atoms with Gasteiger partial charge < -0.3 is 22.1 Å². The Kier molecular flexibility index (Phi) is 23.1. The third-order valence-electron chi connectivity index (χ3n) is 7.09. The Morgan fingerprint density at radius 2 is 0.939 bits per heavy atom. The molecule has 0 aliphatic rings. The predicted octanol–water partition coefficient (Wildman–Crippen LogP) is 7.69. The lowest BCUT2D eigenvalue weighted by atomic mass is 10.1. The van der Waals surface area contributed by atoms with Crippen LogP contribution in [0.15, 0.2) is 72.8 Å². The van der Waals surface area contributed by atoms with Gasteiger partial charge in [0.15, 0.2) is 11.4 Å². The van der Waals surface area contributed by atoms with Crippen LogP contribution < -0.4 is 22.1 Å². The zero-order valence-electron chi connectivity index (χ0n) is 27.9. The van der Waals surface area contributed by atoms with Crippen LogP contribution in [-0.4, -0.2) is 43.2 Å². The Labute approximate surface area is 295 Å². The monoisotopic (exact) mass is 683 g/mol. The van der Waals surface area contributed by atoms with Gasteiger partial charge in [0.1, 0.15) is 0 Å². The highest BCUT2D eigenvalue weighted by Crippen LogP contribution is 2.14. The summed E-state index contributed by atoms with van der Waals surface area (Å²) < 4.78 is 0. The summed E-state index contributed by atoms with van der Waals surface area (Å²) in [4.78, 5) is 41.0. The molecule has 3 rings (SSSR count). The van der Waals surface area contributed by atoms with Crippen LogP contribution in [-0.2, 0) is 0 Å². The van der Waals surface area contributed by atoms with Gasteiger partial charge in [0.25, 0.3) is 17.1 Å². The highest BCUT2D eigenvalue weighted by atomic mass is 35.5. The number of unbranched alkanes of at least 4 members (excludes halogenated alkanes) is 8. The zero-order chi connectivity index (χ0) is 36.1. The number of nitrogens with one attached hydrogen (secondary N) is 2. The predicted molar refractivity (Wildman–Crippen MR) is 196 cm³/mol. The van der Waals surface area contributed by atoms with E-state index < -0.39 is 5.24 Å². The first-order valence-electron chi connectivity index (χ1n) is 16.4. The van der Waals surface area contributed by atoms with E-state index in [4.69, 9.17) is 41.5 Å². The molecule has 2 amide bonds. The van der Waals surface area contributed by atoms with Crippen LogP contribution in [0.1, 0.15) is 101 Å². The maximum Gasteiger partial charge on any atom is 0.252 e. The summed E-state index contributed by atoms with van der Waals surface area (Å²) in [7, 11) is 0. The number of amides is 2. The number of hydrogen-bond acceptors (Lipinski definition) is 6. The van der Waals surface area contributed by atoms with Crippen LogP contribution in [0.3, 0.4) is 0 Å². The summed E-state index contributed by atoms with van der Waals surface area (Å²) in [5.74, 6) is -0.242. The van der Waals surface area contributed by atoms with Gasteiger partial charge in [-0.3, -0.25) is 14.4 Å². The van der Waals surface area contributed by atoms with E-state index in [1.54, 1.807) is 60.7 Å². The van der Waals surface area contributed by atoms with Gasteiger partial charge in [0.2, 0.25) is 0 Å². The topological polar surface area (TPSA) is 160 Å². The van der Waals surface area contributed by atoms with Crippen molar-refractivity contribution in [2.24, 2.45) is 11.5 Å². The Morgan fingerprint density at radius 1 is 0.592 bits per heavy atom. The minimum atomic E-state index is -0.499. The highest BCUT2D eigenvalue weighted by Gasteiger charge is 2.06. The lowest BCUT2D eigenvalue weighted by Crippen LogP contribution is -2.24. The molecule has 0 heterocycles. The molecule has 0 spiro atoms. The average molecular weight is 684 g/mol. The molecule has 11 heteroatoms. The molecule has 10 nitrogen and oxygen atoms in total. The Morgan fingerprint density at radius 3 is 1.29 bits per heavy atom. The van der Waals surface area contributed by atoms with Crippen molar-refractivity contribution < 1.29 is 14.4 Å². The van der Waals surface area contributed by atoms with Crippen molar-refractivity contribution in [2.45, 2.75) is 64.2 Å². The number of nitriles is 1. The van der Waals surface area contributed by atoms with Crippen LogP contribution in [0.5, 0.6) is 0 Å². The lowest BCUT2D eigenvalue weighted by molar-refractivity contribution is 0.0945. The third kappa shape index (κ3) is 19.4. The molecule has 0 aliphatic heterocycles. The number of nitrogens with two attached hydrogens (primary N) is 2. The van der Waals surface area contributed by atoms with Gasteiger partial charge >= 0.3 is 0 Å². The fourth-order valence-electron chi connectivity index (χ4n) is 4.26. The SMILES string of the molecule is NCCCCCCCN.[C-]#[N+]c1ccc(C(=O)Cl)cc1.[C-]#[N+]c1ccc(C(=O)NCCCCCCCNC(=O)c2ccc(C#N)cc2)cc1. The molecule has 3 aromatic carbocycles. The van der Waals surface area contributed by atoms with E-state index in [9.17, 15) is 14.4 Å². The lowest BCUT2D eigenvalue weighted by Gasteiger charge is -2.07. The van der Waals surface area contributed by atoms with E-state index >= 15 is 0 Å². The minimum Gasteiger partial charge on any atom is -0.352 e. The molecular formula is C38H46ClN7O3. The van der Waals surface area contributed by atoms with Crippen molar-refractivity contribution in [3.05, 3.63) is 118 Å². The first kappa shape index (κ1) is 42.0. The number of carbonyl (C=O) groups is 3. The van der Waals surface area contributed by atoms with Crippen LogP contribution in [0.2, 0.25) is 0 Å². The first-order chi connectivity index (χ1) is 23.8. The second kappa shape index (κ2) is 27.0. The van der Waals surface area contributed by atoms with Gasteiger partial charge in [-0.1, -0.05) is 87.1 Å². The molecule has 0 fully saturated rings. The van der Waals surface area contributed by atoms with Crippen molar-refractivity contribution in [3.63, 3.8) is 0 Å².